The third-order valence-corrected chi connectivity index (χ3v) is 1.74. The number of hydrogen-bond donors (Lipinski definition) is 2. The van der Waals surface area contributed by atoms with E-state index in [1.807, 2.05) is 6.92 Å². The van der Waals surface area contributed by atoms with Crippen LogP contribution in [0.4, 0.5) is 0 Å². The Balaban J connectivity index is 3.37. The first-order valence-corrected chi connectivity index (χ1v) is 4.56. The molecule has 1 radical (unpaired) electrons. The van der Waals surface area contributed by atoms with Crippen LogP contribution in [0.5, 0.6) is 0 Å². The molecule has 0 aromatic heterocycles. The summed E-state index contributed by atoms with van der Waals surface area (Å²) in [6.45, 7) is 9.22. The maximum atomic E-state index is 7.48. The van der Waals surface area contributed by atoms with Crippen molar-refractivity contribution >= 4 is 0 Å². The first kappa shape index (κ1) is 11.8. The average molecular weight is 173 g/mol. The largest absolute Gasteiger partial charge is 0.243 e. The highest BCUT2D eigenvalue weighted by molar-refractivity contribution is 4.52. The molecule has 0 aromatic carbocycles. The molecule has 4 heteroatoms. The lowest BCUT2D eigenvalue weighted by Gasteiger charge is -2.23. The van der Waals surface area contributed by atoms with E-state index in [1.165, 1.54) is 5.12 Å². The molecule has 0 aromatic rings. The van der Waals surface area contributed by atoms with Crippen LogP contribution in [0.15, 0.2) is 0 Å². The normalized spacial score (nSPS) is 14.2. The van der Waals surface area contributed by atoms with Crippen LogP contribution >= 0.6 is 0 Å². The predicted octanol–water partition coefficient (Wildman–Crippen LogP) is 0.950. The Morgan fingerprint density at radius 1 is 1.33 bits per heavy atom. The fourth-order valence-electron chi connectivity index (χ4n) is 0.628. The van der Waals surface area contributed by atoms with Crippen LogP contribution in [0.2, 0.25) is 0 Å². The standard InChI is InChI=1S/C8H21N4/c1-5-8(4)12(9)11-10-6-7(2)3/h7-11H,5-6H2,1-4H3. The van der Waals surface area contributed by atoms with Gasteiger partial charge in [0.25, 0.3) is 0 Å². The van der Waals surface area contributed by atoms with E-state index in [4.69, 9.17) is 5.84 Å². The van der Waals surface area contributed by atoms with Crippen molar-refractivity contribution in [1.82, 2.24) is 21.9 Å². The van der Waals surface area contributed by atoms with E-state index >= 15 is 0 Å². The molecular weight excluding hydrogens is 152 g/mol. The lowest BCUT2D eigenvalue weighted by atomic mass is 10.2. The minimum Gasteiger partial charge on any atom is -0.243 e. The second-order valence-corrected chi connectivity index (χ2v) is 3.51. The van der Waals surface area contributed by atoms with Crippen LogP contribution in [0.1, 0.15) is 34.1 Å². The molecule has 0 saturated heterocycles. The first-order valence-electron chi connectivity index (χ1n) is 4.56. The summed E-state index contributed by atoms with van der Waals surface area (Å²) in [7, 11) is 0. The first-order chi connectivity index (χ1) is 5.57. The molecule has 0 saturated carbocycles. The monoisotopic (exact) mass is 173 g/mol. The van der Waals surface area contributed by atoms with Crippen molar-refractivity contribution < 1.29 is 0 Å². The number of nitrogens with one attached hydrogen (secondary N) is 3. The van der Waals surface area contributed by atoms with Gasteiger partial charge in [0.15, 0.2) is 0 Å². The van der Waals surface area contributed by atoms with Gasteiger partial charge < -0.3 is 0 Å². The Kier molecular flexibility index (Phi) is 6.28. The summed E-state index contributed by atoms with van der Waals surface area (Å²) in [4.78, 5) is 0. The van der Waals surface area contributed by atoms with E-state index in [2.05, 4.69) is 31.7 Å². The van der Waals surface area contributed by atoms with E-state index < -0.39 is 0 Å². The van der Waals surface area contributed by atoms with Gasteiger partial charge in [0.05, 0.1) is 0 Å². The molecular formula is C8H21N4. The van der Waals surface area contributed by atoms with E-state index in [9.17, 15) is 0 Å². The van der Waals surface area contributed by atoms with Gasteiger partial charge in [-0.15, -0.1) is 5.12 Å². The Bertz CT molecular complexity index is 105. The molecule has 0 spiro atoms. The van der Waals surface area contributed by atoms with Crippen LogP contribution in [0, 0.1) is 5.92 Å². The summed E-state index contributed by atoms with van der Waals surface area (Å²) in [5, 5.41) is 1.35. The van der Waals surface area contributed by atoms with Gasteiger partial charge >= 0.3 is 0 Å². The summed E-state index contributed by atoms with van der Waals surface area (Å²) < 4.78 is 0. The zero-order valence-electron chi connectivity index (χ0n) is 8.52. The van der Waals surface area contributed by atoms with E-state index in [0.29, 0.717) is 5.92 Å². The lowest BCUT2D eigenvalue weighted by Crippen LogP contribution is -2.51. The Morgan fingerprint density at radius 2 is 1.92 bits per heavy atom. The van der Waals surface area contributed by atoms with Crippen molar-refractivity contribution in [2.75, 3.05) is 6.54 Å². The number of hydrazine groups is 2. The van der Waals surface area contributed by atoms with Crippen LogP contribution in [0.25, 0.3) is 0 Å². The summed E-state index contributed by atoms with van der Waals surface area (Å²) in [5.74, 6) is 8.08. The molecule has 0 aliphatic rings. The molecule has 3 N–H and O–H groups in total. The number of nitrogens with zero attached hydrogens (tertiary/aromatic N) is 1. The second kappa shape index (κ2) is 6.37. The smallest absolute Gasteiger partial charge is 0.0396 e. The third kappa shape index (κ3) is 5.49. The summed E-state index contributed by atoms with van der Waals surface area (Å²) in [6.07, 6.45) is 0.972. The van der Waals surface area contributed by atoms with Crippen molar-refractivity contribution in [3.05, 3.63) is 0 Å². The highest BCUT2D eigenvalue weighted by Gasteiger charge is 2.06. The van der Waals surface area contributed by atoms with Gasteiger partial charge in [0.2, 0.25) is 0 Å². The van der Waals surface area contributed by atoms with Gasteiger partial charge in [-0.2, -0.15) is 11.4 Å². The number of rotatable bonds is 6. The molecule has 0 heterocycles. The zero-order valence-corrected chi connectivity index (χ0v) is 8.52. The molecule has 4 nitrogen and oxygen atoms in total. The average Bonchev–Trinajstić information content (AvgIpc) is 2.02. The van der Waals surface area contributed by atoms with Crippen molar-refractivity contribution in [3.8, 4) is 0 Å². The fraction of sp³-hybridized carbons (Fsp3) is 1.00. The summed E-state index contributed by atoms with van der Waals surface area (Å²) >= 11 is 0. The van der Waals surface area contributed by atoms with Gasteiger partial charge in [0, 0.05) is 12.6 Å². The van der Waals surface area contributed by atoms with Gasteiger partial charge in [-0.25, -0.2) is 5.43 Å². The topological polar surface area (TPSA) is 51.1 Å². The molecule has 73 valence electrons. The Labute approximate surface area is 75.4 Å². The molecule has 0 bridgehead atoms. The van der Waals surface area contributed by atoms with Crippen LogP contribution in [-0.2, 0) is 0 Å². The fourth-order valence-corrected chi connectivity index (χ4v) is 0.628. The quantitative estimate of drug-likeness (QED) is 0.588. The molecule has 12 heavy (non-hydrogen) atoms. The lowest BCUT2D eigenvalue weighted by molar-refractivity contribution is 0.0876. The SMILES string of the molecule is CCC(C)N([NH])NNCC(C)C. The zero-order chi connectivity index (χ0) is 9.56. The second-order valence-electron chi connectivity index (χ2n) is 3.51. The van der Waals surface area contributed by atoms with Crippen molar-refractivity contribution in [2.24, 2.45) is 5.92 Å². The molecule has 0 aliphatic heterocycles. The van der Waals surface area contributed by atoms with E-state index in [0.717, 1.165) is 13.0 Å². The van der Waals surface area contributed by atoms with Crippen molar-refractivity contribution in [1.29, 1.82) is 0 Å². The molecule has 0 aliphatic carbocycles. The van der Waals surface area contributed by atoms with Gasteiger partial charge in [0.1, 0.15) is 0 Å². The Hall–Kier alpha value is -0.160. The molecule has 0 fully saturated rings. The maximum absolute atomic E-state index is 7.48. The molecule has 1 unspecified atom stereocenters. The van der Waals surface area contributed by atoms with E-state index in [1.54, 1.807) is 0 Å². The van der Waals surface area contributed by atoms with E-state index in [-0.39, 0.29) is 6.04 Å². The van der Waals surface area contributed by atoms with Crippen LogP contribution in [-0.4, -0.2) is 17.7 Å². The molecule has 0 rings (SSSR count). The number of hydrogen-bond acceptors (Lipinski definition) is 3. The highest BCUT2D eigenvalue weighted by Crippen LogP contribution is 1.93. The maximum Gasteiger partial charge on any atom is 0.0396 e. The summed E-state index contributed by atoms with van der Waals surface area (Å²) in [5.41, 5.74) is 5.80. The van der Waals surface area contributed by atoms with Gasteiger partial charge in [-0.1, -0.05) is 20.8 Å². The third-order valence-electron chi connectivity index (χ3n) is 1.74. The predicted molar refractivity (Wildman–Crippen MR) is 50.7 cm³/mol. The van der Waals surface area contributed by atoms with Crippen molar-refractivity contribution in [3.63, 3.8) is 0 Å². The van der Waals surface area contributed by atoms with Gasteiger partial charge in [-0.05, 0) is 19.3 Å². The van der Waals surface area contributed by atoms with Gasteiger partial charge in [-0.3, -0.25) is 0 Å². The highest BCUT2D eigenvalue weighted by atomic mass is 15.8. The van der Waals surface area contributed by atoms with Crippen LogP contribution < -0.4 is 16.8 Å². The molecule has 0 amide bonds. The van der Waals surface area contributed by atoms with Crippen LogP contribution in [0.3, 0.4) is 0 Å². The van der Waals surface area contributed by atoms with Crippen molar-refractivity contribution in [2.45, 2.75) is 40.2 Å². The molecule has 1 atom stereocenters. The summed E-state index contributed by atoms with van der Waals surface area (Å²) in [6, 6.07) is 0.240. The minimum atomic E-state index is 0.240. The Morgan fingerprint density at radius 3 is 2.33 bits per heavy atom. The minimum absolute atomic E-state index is 0.240.